The van der Waals surface area contributed by atoms with Crippen molar-refractivity contribution in [3.8, 4) is 0 Å². The zero-order valence-electron chi connectivity index (χ0n) is 8.61. The lowest BCUT2D eigenvalue weighted by atomic mass is 9.92. The summed E-state index contributed by atoms with van der Waals surface area (Å²) in [5.74, 6) is 0.400. The van der Waals surface area contributed by atoms with E-state index in [1.54, 1.807) is 0 Å². The highest BCUT2D eigenvalue weighted by Gasteiger charge is 2.34. The topological polar surface area (TPSA) is 40.5 Å². The highest BCUT2D eigenvalue weighted by Crippen LogP contribution is 2.26. The number of hydrogen-bond donors (Lipinski definition) is 1. The first kappa shape index (κ1) is 10.1. The molecule has 1 aliphatic carbocycles. The maximum atomic E-state index is 11.7. The summed E-state index contributed by atoms with van der Waals surface area (Å²) in [5, 5.41) is 9.20. The maximum absolute atomic E-state index is 11.7. The zero-order chi connectivity index (χ0) is 9.97. The van der Waals surface area contributed by atoms with Gasteiger partial charge in [0.2, 0.25) is 0 Å². The Hall–Kier alpha value is -0.410. The van der Waals surface area contributed by atoms with Gasteiger partial charge in [-0.1, -0.05) is 6.42 Å². The largest absolute Gasteiger partial charge is 0.395 e. The van der Waals surface area contributed by atoms with E-state index >= 15 is 0 Å². The van der Waals surface area contributed by atoms with Gasteiger partial charge in [0, 0.05) is 12.5 Å². The van der Waals surface area contributed by atoms with Gasteiger partial charge >= 0.3 is 0 Å². The number of aliphatic hydroxyl groups is 1. The molecule has 2 rings (SSSR count). The third-order valence-electron chi connectivity index (χ3n) is 3.56. The van der Waals surface area contributed by atoms with Gasteiger partial charge < -0.3 is 5.11 Å². The second-order valence-corrected chi connectivity index (χ2v) is 4.44. The number of likely N-dealkylation sites (tertiary alicyclic amines) is 1. The second-order valence-electron chi connectivity index (χ2n) is 4.44. The van der Waals surface area contributed by atoms with E-state index in [0.717, 1.165) is 38.6 Å². The molecule has 3 nitrogen and oxygen atoms in total. The summed E-state index contributed by atoms with van der Waals surface area (Å²) < 4.78 is 0. The van der Waals surface area contributed by atoms with Gasteiger partial charge in [0.1, 0.15) is 5.78 Å². The molecule has 0 radical (unpaired) electrons. The van der Waals surface area contributed by atoms with Crippen molar-refractivity contribution in [2.45, 2.75) is 50.6 Å². The minimum absolute atomic E-state index is 0.128. The molecule has 2 unspecified atom stereocenters. The molecule has 2 fully saturated rings. The Morgan fingerprint density at radius 1 is 1.29 bits per heavy atom. The third-order valence-corrected chi connectivity index (χ3v) is 3.56. The average molecular weight is 197 g/mol. The van der Waals surface area contributed by atoms with Gasteiger partial charge in [0.25, 0.3) is 0 Å². The van der Waals surface area contributed by atoms with E-state index in [1.807, 2.05) is 0 Å². The van der Waals surface area contributed by atoms with Crippen LogP contribution in [0.5, 0.6) is 0 Å². The summed E-state index contributed by atoms with van der Waals surface area (Å²) in [6.07, 6.45) is 6.18. The Bertz CT molecular complexity index is 217. The molecule has 3 heteroatoms. The molecule has 2 aliphatic rings. The van der Waals surface area contributed by atoms with Crippen LogP contribution in [0.3, 0.4) is 0 Å². The van der Waals surface area contributed by atoms with Crippen LogP contribution >= 0.6 is 0 Å². The van der Waals surface area contributed by atoms with E-state index in [4.69, 9.17) is 0 Å². The number of carbonyl (C=O) groups is 1. The van der Waals surface area contributed by atoms with Gasteiger partial charge in [-0.2, -0.15) is 0 Å². The lowest BCUT2D eigenvalue weighted by molar-refractivity contribution is -0.126. The fourth-order valence-electron chi connectivity index (χ4n) is 2.78. The van der Waals surface area contributed by atoms with Crippen molar-refractivity contribution in [3.05, 3.63) is 0 Å². The molecule has 0 aromatic carbocycles. The van der Waals surface area contributed by atoms with E-state index < -0.39 is 0 Å². The molecule has 80 valence electrons. The van der Waals surface area contributed by atoms with Crippen molar-refractivity contribution in [2.75, 3.05) is 13.2 Å². The number of aliphatic hydroxyl groups excluding tert-OH is 1. The third kappa shape index (κ3) is 1.84. The lowest BCUT2D eigenvalue weighted by Crippen LogP contribution is -2.46. The van der Waals surface area contributed by atoms with Crippen LogP contribution in [0.4, 0.5) is 0 Å². The van der Waals surface area contributed by atoms with Crippen molar-refractivity contribution in [3.63, 3.8) is 0 Å². The van der Waals surface area contributed by atoms with Crippen molar-refractivity contribution >= 4 is 5.78 Å². The monoisotopic (exact) mass is 197 g/mol. The van der Waals surface area contributed by atoms with E-state index in [9.17, 15) is 9.90 Å². The van der Waals surface area contributed by atoms with Crippen LogP contribution in [-0.4, -0.2) is 41.0 Å². The Morgan fingerprint density at radius 2 is 2.14 bits per heavy atom. The second kappa shape index (κ2) is 4.41. The first-order chi connectivity index (χ1) is 6.83. The highest BCUT2D eigenvalue weighted by atomic mass is 16.3. The predicted molar refractivity (Wildman–Crippen MR) is 54.1 cm³/mol. The normalized spacial score (nSPS) is 35.1. The molecule has 0 bridgehead atoms. The maximum Gasteiger partial charge on any atom is 0.149 e. The molecule has 0 aromatic heterocycles. The number of ketones is 1. The number of rotatable bonds is 2. The van der Waals surface area contributed by atoms with Crippen molar-refractivity contribution in [2.24, 2.45) is 0 Å². The van der Waals surface area contributed by atoms with Gasteiger partial charge in [-0.15, -0.1) is 0 Å². The van der Waals surface area contributed by atoms with Gasteiger partial charge in [0.15, 0.2) is 0 Å². The summed E-state index contributed by atoms with van der Waals surface area (Å²) in [6, 6.07) is 0.380. The Labute approximate surface area is 85.1 Å². The van der Waals surface area contributed by atoms with Gasteiger partial charge in [-0.3, -0.25) is 9.69 Å². The standard InChI is InChI=1S/C11H19NO2/c13-8-9-4-3-7-12(9)10-5-1-2-6-11(10)14/h9-10,13H,1-8H2. The van der Waals surface area contributed by atoms with Crippen LogP contribution in [0.15, 0.2) is 0 Å². The quantitative estimate of drug-likeness (QED) is 0.716. The fraction of sp³-hybridized carbons (Fsp3) is 0.909. The fourth-order valence-corrected chi connectivity index (χ4v) is 2.78. The molecule has 1 N–H and O–H groups in total. The SMILES string of the molecule is O=C1CCCCC1N1CCCC1CO. The Balaban J connectivity index is 2.01. The van der Waals surface area contributed by atoms with Crippen LogP contribution in [0.25, 0.3) is 0 Å². The van der Waals surface area contributed by atoms with Gasteiger partial charge in [0.05, 0.1) is 12.6 Å². The molecule has 1 heterocycles. The minimum Gasteiger partial charge on any atom is -0.395 e. The van der Waals surface area contributed by atoms with Gasteiger partial charge in [-0.25, -0.2) is 0 Å². The molecule has 0 amide bonds. The summed E-state index contributed by atoms with van der Waals surface area (Å²) in [4.78, 5) is 14.0. The summed E-state index contributed by atoms with van der Waals surface area (Å²) in [6.45, 7) is 1.21. The number of hydrogen-bond acceptors (Lipinski definition) is 3. The molecule has 1 saturated heterocycles. The van der Waals surface area contributed by atoms with Crippen LogP contribution in [0.2, 0.25) is 0 Å². The molecule has 0 spiro atoms. The molecular formula is C11H19NO2. The number of nitrogens with zero attached hydrogens (tertiary/aromatic N) is 1. The molecular weight excluding hydrogens is 178 g/mol. The molecule has 1 aliphatic heterocycles. The molecule has 14 heavy (non-hydrogen) atoms. The van der Waals surface area contributed by atoms with Crippen molar-refractivity contribution in [1.29, 1.82) is 0 Å². The van der Waals surface area contributed by atoms with Crippen LogP contribution in [0.1, 0.15) is 38.5 Å². The molecule has 2 atom stereocenters. The highest BCUT2D eigenvalue weighted by molar-refractivity contribution is 5.84. The van der Waals surface area contributed by atoms with E-state index in [0.29, 0.717) is 5.78 Å². The minimum atomic E-state index is 0.128. The lowest BCUT2D eigenvalue weighted by Gasteiger charge is -2.33. The predicted octanol–water partition coefficient (Wildman–Crippen LogP) is 0.955. The van der Waals surface area contributed by atoms with Crippen molar-refractivity contribution < 1.29 is 9.90 Å². The van der Waals surface area contributed by atoms with Crippen LogP contribution in [0, 0.1) is 0 Å². The molecule has 0 aromatic rings. The number of carbonyl (C=O) groups excluding carboxylic acids is 1. The van der Waals surface area contributed by atoms with Crippen molar-refractivity contribution in [1.82, 2.24) is 4.90 Å². The number of Topliss-reactive ketones (excluding diaryl/α,β-unsaturated/α-hetero) is 1. The van der Waals surface area contributed by atoms with Gasteiger partial charge in [-0.05, 0) is 32.2 Å². The van der Waals surface area contributed by atoms with E-state index in [-0.39, 0.29) is 18.7 Å². The summed E-state index contributed by atoms with van der Waals surface area (Å²) in [7, 11) is 0. The van der Waals surface area contributed by atoms with Crippen LogP contribution < -0.4 is 0 Å². The van der Waals surface area contributed by atoms with E-state index in [1.165, 1.54) is 6.42 Å². The smallest absolute Gasteiger partial charge is 0.149 e. The summed E-state index contributed by atoms with van der Waals surface area (Å²) in [5.41, 5.74) is 0. The Morgan fingerprint density at radius 3 is 2.86 bits per heavy atom. The summed E-state index contributed by atoms with van der Waals surface area (Å²) >= 11 is 0. The first-order valence-electron chi connectivity index (χ1n) is 5.72. The Kier molecular flexibility index (Phi) is 3.19. The van der Waals surface area contributed by atoms with E-state index in [2.05, 4.69) is 4.90 Å². The van der Waals surface area contributed by atoms with Crippen LogP contribution in [-0.2, 0) is 4.79 Å². The average Bonchev–Trinajstić information content (AvgIpc) is 2.66. The molecule has 1 saturated carbocycles. The first-order valence-corrected chi connectivity index (χ1v) is 5.72. The zero-order valence-corrected chi connectivity index (χ0v) is 8.61.